The second kappa shape index (κ2) is 16.0. The number of methoxy groups -OCH3 is 4. The Balaban J connectivity index is 1.23. The molecule has 8 nitrogen and oxygen atoms in total. The first-order valence-electron chi connectivity index (χ1n) is 24.3. The number of hydrogen-bond acceptors (Lipinski definition) is 8. The lowest BCUT2D eigenvalue weighted by atomic mass is 9.68. The standard InChI is InChI=1S/C64H50N4O4/c1-62(2,3)45-34-42-12-13-44-36-53-57(51-32-22-43(35-45)54(42)55(44)51)56-50-11-9-8-10-37(50)23-33-52(56)63(65-58(38-14-24-46(69-4)25-15-38)59(66-63)39-16-26-47(70-5)27-17-39)64(53)67-60(40-18-28-48(71-6)29-19-40)61(68-64)41-20-30-49(72-7)31-21-41/h8-36H,1-7H3. The lowest BCUT2D eigenvalue weighted by Gasteiger charge is -2.44. The molecule has 0 N–H and O–H groups in total. The van der Waals surface area contributed by atoms with Crippen molar-refractivity contribution in [2.75, 3.05) is 28.4 Å². The summed E-state index contributed by atoms with van der Waals surface area (Å²) in [6.07, 6.45) is 0. The summed E-state index contributed by atoms with van der Waals surface area (Å²) in [6.45, 7) is 6.85. The number of hydrogen-bond donors (Lipinski definition) is 0. The van der Waals surface area contributed by atoms with E-state index in [0.717, 1.165) is 89.1 Å². The first-order chi connectivity index (χ1) is 35.0. The molecule has 2 spiro atoms. The van der Waals surface area contributed by atoms with Crippen molar-refractivity contribution < 1.29 is 18.9 Å². The third-order valence-corrected chi connectivity index (χ3v) is 15.0. The number of ether oxygens (including phenoxy) is 4. The molecule has 350 valence electrons. The van der Waals surface area contributed by atoms with Crippen LogP contribution in [0.2, 0.25) is 0 Å². The minimum atomic E-state index is -1.50. The van der Waals surface area contributed by atoms with Gasteiger partial charge >= 0.3 is 0 Å². The fourth-order valence-corrected chi connectivity index (χ4v) is 11.3. The highest BCUT2D eigenvalue weighted by atomic mass is 16.5. The molecule has 0 fully saturated rings. The molecule has 0 saturated heterocycles. The summed E-state index contributed by atoms with van der Waals surface area (Å²) in [5.74, 6) is 2.97. The molecule has 0 amide bonds. The van der Waals surface area contributed by atoms with Crippen LogP contribution in [0.4, 0.5) is 0 Å². The van der Waals surface area contributed by atoms with Gasteiger partial charge in [-0.15, -0.1) is 0 Å². The molecule has 0 atom stereocenters. The van der Waals surface area contributed by atoms with Gasteiger partial charge in [-0.05, 0) is 168 Å². The van der Waals surface area contributed by atoms with Crippen LogP contribution in [0, 0.1) is 0 Å². The van der Waals surface area contributed by atoms with Crippen molar-refractivity contribution in [3.8, 4) is 34.1 Å². The van der Waals surface area contributed by atoms with Crippen molar-refractivity contribution in [2.45, 2.75) is 37.5 Å². The Kier molecular flexibility index (Phi) is 9.62. The Hall–Kier alpha value is -8.62. The van der Waals surface area contributed by atoms with Crippen molar-refractivity contribution in [1.29, 1.82) is 0 Å². The second-order valence-electron chi connectivity index (χ2n) is 19.9. The molecule has 10 aromatic rings. The zero-order valence-electron chi connectivity index (χ0n) is 41.2. The molecular weight excluding hydrogens is 889 g/mol. The van der Waals surface area contributed by atoms with Crippen LogP contribution in [0.1, 0.15) is 59.7 Å². The second-order valence-corrected chi connectivity index (χ2v) is 19.9. The van der Waals surface area contributed by atoms with E-state index in [1.165, 1.54) is 27.1 Å². The Bertz CT molecular complexity index is 3830. The first-order valence-corrected chi connectivity index (χ1v) is 24.3. The Morgan fingerprint density at radius 2 is 0.722 bits per heavy atom. The van der Waals surface area contributed by atoms with Gasteiger partial charge in [-0.25, -0.2) is 20.0 Å². The highest BCUT2D eigenvalue weighted by Crippen LogP contribution is 2.64. The minimum absolute atomic E-state index is 0.0263. The molecule has 10 aromatic carbocycles. The van der Waals surface area contributed by atoms with Gasteiger partial charge in [0.05, 0.1) is 51.3 Å². The number of rotatable bonds is 8. The summed E-state index contributed by atoms with van der Waals surface area (Å²) in [4.78, 5) is 24.5. The first kappa shape index (κ1) is 43.4. The Labute approximate surface area is 418 Å². The monoisotopic (exact) mass is 938 g/mol. The van der Waals surface area contributed by atoms with Gasteiger partial charge in [0, 0.05) is 33.4 Å². The fourth-order valence-electron chi connectivity index (χ4n) is 11.3. The van der Waals surface area contributed by atoms with Crippen molar-refractivity contribution in [3.63, 3.8) is 0 Å². The molecular formula is C64H50N4O4. The molecule has 0 bridgehead atoms. The smallest absolute Gasteiger partial charge is 0.227 e. The van der Waals surface area contributed by atoms with Crippen LogP contribution in [0.3, 0.4) is 0 Å². The maximum atomic E-state index is 6.13. The minimum Gasteiger partial charge on any atom is -0.497 e. The van der Waals surface area contributed by atoms with E-state index in [0.29, 0.717) is 22.8 Å². The van der Waals surface area contributed by atoms with E-state index in [9.17, 15) is 0 Å². The van der Waals surface area contributed by atoms with Crippen LogP contribution >= 0.6 is 0 Å². The van der Waals surface area contributed by atoms with Crippen molar-refractivity contribution in [3.05, 3.63) is 215 Å². The molecule has 72 heavy (non-hydrogen) atoms. The topological polar surface area (TPSA) is 86.4 Å². The highest BCUT2D eigenvalue weighted by molar-refractivity contribution is 6.56. The van der Waals surface area contributed by atoms with Crippen LogP contribution in [-0.2, 0) is 16.7 Å². The summed E-state index contributed by atoms with van der Waals surface area (Å²) in [6, 6.07) is 61.7. The van der Waals surface area contributed by atoms with Crippen LogP contribution < -0.4 is 18.9 Å². The van der Waals surface area contributed by atoms with E-state index in [1.54, 1.807) is 28.4 Å². The molecule has 8 heteroatoms. The van der Waals surface area contributed by atoms with Crippen molar-refractivity contribution in [2.24, 2.45) is 20.0 Å². The maximum Gasteiger partial charge on any atom is 0.227 e. The van der Waals surface area contributed by atoms with Crippen LogP contribution in [-0.4, -0.2) is 51.3 Å². The number of nitrogens with zero attached hydrogens (tertiary/aromatic N) is 4. The molecule has 2 heterocycles. The van der Waals surface area contributed by atoms with Crippen molar-refractivity contribution in [1.82, 2.24) is 0 Å². The Morgan fingerprint density at radius 1 is 0.347 bits per heavy atom. The maximum absolute atomic E-state index is 6.13. The molecule has 3 aliphatic rings. The third-order valence-electron chi connectivity index (χ3n) is 15.0. The normalized spacial score (nSPS) is 15.4. The molecule has 0 unspecified atom stereocenters. The van der Waals surface area contributed by atoms with E-state index in [2.05, 4.69) is 148 Å². The highest BCUT2D eigenvalue weighted by Gasteiger charge is 2.64. The molecule has 1 aliphatic carbocycles. The van der Waals surface area contributed by atoms with E-state index in [-0.39, 0.29) is 5.41 Å². The number of benzene rings is 10. The largest absolute Gasteiger partial charge is 0.497 e. The summed E-state index contributed by atoms with van der Waals surface area (Å²) in [7, 11) is 6.73. The molecule has 0 radical (unpaired) electrons. The zero-order chi connectivity index (χ0) is 49.1. The molecule has 0 saturated carbocycles. The summed E-state index contributed by atoms with van der Waals surface area (Å²) in [5, 5.41) is 9.32. The van der Waals surface area contributed by atoms with Gasteiger partial charge in [-0.3, -0.25) is 0 Å². The molecule has 0 aromatic heterocycles. The van der Waals surface area contributed by atoms with Crippen LogP contribution in [0.15, 0.2) is 196 Å². The van der Waals surface area contributed by atoms with E-state index in [1.807, 2.05) is 48.5 Å². The Morgan fingerprint density at radius 3 is 1.15 bits per heavy atom. The fraction of sp³-hybridized carbons (Fsp3) is 0.156. The summed E-state index contributed by atoms with van der Waals surface area (Å²) >= 11 is 0. The quantitative estimate of drug-likeness (QED) is 0.142. The summed E-state index contributed by atoms with van der Waals surface area (Å²) in [5.41, 5.74) is 8.63. The van der Waals surface area contributed by atoms with Crippen molar-refractivity contribution >= 4 is 65.9 Å². The summed E-state index contributed by atoms with van der Waals surface area (Å²) < 4.78 is 22.8. The average molecular weight is 939 g/mol. The van der Waals surface area contributed by atoms with Gasteiger partial charge < -0.3 is 18.9 Å². The predicted molar refractivity (Wildman–Crippen MR) is 293 cm³/mol. The van der Waals surface area contributed by atoms with E-state index < -0.39 is 11.3 Å². The van der Waals surface area contributed by atoms with Gasteiger partial charge in [-0.1, -0.05) is 93.6 Å². The third kappa shape index (κ3) is 6.31. The number of fused-ring (bicyclic) bond motifs is 9. The van der Waals surface area contributed by atoms with Gasteiger partial charge in [0.25, 0.3) is 0 Å². The van der Waals surface area contributed by atoms with Gasteiger partial charge in [-0.2, -0.15) is 0 Å². The van der Waals surface area contributed by atoms with Gasteiger partial charge in [0.2, 0.25) is 11.3 Å². The predicted octanol–water partition coefficient (Wildman–Crippen LogP) is 14.0. The lowest BCUT2D eigenvalue weighted by molar-refractivity contribution is 0.254. The zero-order valence-corrected chi connectivity index (χ0v) is 41.2. The number of aliphatic imine (C=N–C) groups is 4. The lowest BCUT2D eigenvalue weighted by Crippen LogP contribution is -2.46. The molecule has 2 aliphatic heterocycles. The van der Waals surface area contributed by atoms with E-state index in [4.69, 9.17) is 38.9 Å². The van der Waals surface area contributed by atoms with Gasteiger partial charge in [0.15, 0.2) is 0 Å². The molecule has 13 rings (SSSR count). The van der Waals surface area contributed by atoms with Gasteiger partial charge in [0.1, 0.15) is 23.0 Å². The SMILES string of the molecule is COc1ccc(C2=NC3(N=C2c2ccc(OC)cc2)c2ccc4ccccc4c2-c2c(cc4ccc5cc(C(C)(C)C)cc6ccc2c4c56)C32N=C(c3ccc(OC)cc3)C(c3ccc(OC)cc3)=N2)cc1. The van der Waals surface area contributed by atoms with Crippen LogP contribution in [0.25, 0.3) is 54.2 Å². The average Bonchev–Trinajstić information content (AvgIpc) is 4.03. The van der Waals surface area contributed by atoms with Crippen LogP contribution in [0.5, 0.6) is 23.0 Å². The van der Waals surface area contributed by atoms with E-state index >= 15 is 0 Å².